The van der Waals surface area contributed by atoms with E-state index in [0.29, 0.717) is 18.7 Å². The lowest BCUT2D eigenvalue weighted by Gasteiger charge is -2.10. The zero-order valence-corrected chi connectivity index (χ0v) is 11.4. The second-order valence-electron chi connectivity index (χ2n) is 4.76. The van der Waals surface area contributed by atoms with Gasteiger partial charge in [-0.1, -0.05) is 30.3 Å². The molecule has 1 heterocycles. The SMILES string of the molecule is NCc1ccc(CNc2cnnc3ccccc23)c(F)c1. The molecule has 3 aromatic rings. The molecule has 0 amide bonds. The minimum absolute atomic E-state index is 0.253. The first-order valence-corrected chi connectivity index (χ1v) is 6.69. The van der Waals surface area contributed by atoms with Crippen LogP contribution in [0.1, 0.15) is 11.1 Å². The van der Waals surface area contributed by atoms with Gasteiger partial charge in [0.1, 0.15) is 5.82 Å². The molecule has 106 valence electrons. The van der Waals surface area contributed by atoms with E-state index in [-0.39, 0.29) is 5.82 Å². The summed E-state index contributed by atoms with van der Waals surface area (Å²) >= 11 is 0. The molecule has 0 unspecified atom stereocenters. The van der Waals surface area contributed by atoms with E-state index >= 15 is 0 Å². The van der Waals surface area contributed by atoms with E-state index in [0.717, 1.165) is 22.2 Å². The van der Waals surface area contributed by atoms with Gasteiger partial charge in [-0.3, -0.25) is 0 Å². The number of nitrogens with one attached hydrogen (secondary N) is 1. The average molecular weight is 282 g/mol. The number of halogens is 1. The zero-order valence-electron chi connectivity index (χ0n) is 11.4. The number of aromatic nitrogens is 2. The largest absolute Gasteiger partial charge is 0.379 e. The summed E-state index contributed by atoms with van der Waals surface area (Å²) in [5.74, 6) is -0.253. The van der Waals surface area contributed by atoms with Gasteiger partial charge in [-0.2, -0.15) is 10.2 Å². The van der Waals surface area contributed by atoms with Gasteiger partial charge in [0.25, 0.3) is 0 Å². The van der Waals surface area contributed by atoms with Gasteiger partial charge in [0.15, 0.2) is 0 Å². The fraction of sp³-hybridized carbons (Fsp3) is 0.125. The number of hydrogen-bond acceptors (Lipinski definition) is 4. The van der Waals surface area contributed by atoms with Crippen LogP contribution in [-0.2, 0) is 13.1 Å². The predicted molar refractivity (Wildman–Crippen MR) is 81.2 cm³/mol. The Balaban J connectivity index is 1.84. The van der Waals surface area contributed by atoms with Gasteiger partial charge in [0, 0.05) is 24.0 Å². The van der Waals surface area contributed by atoms with Gasteiger partial charge in [-0.25, -0.2) is 4.39 Å². The first-order valence-electron chi connectivity index (χ1n) is 6.69. The minimum Gasteiger partial charge on any atom is -0.379 e. The van der Waals surface area contributed by atoms with Crippen LogP contribution in [0.15, 0.2) is 48.7 Å². The lowest BCUT2D eigenvalue weighted by molar-refractivity contribution is 0.610. The van der Waals surface area contributed by atoms with Gasteiger partial charge in [-0.05, 0) is 17.7 Å². The molecule has 0 bridgehead atoms. The highest BCUT2D eigenvalue weighted by atomic mass is 19.1. The van der Waals surface area contributed by atoms with Crippen LogP contribution < -0.4 is 11.1 Å². The highest BCUT2D eigenvalue weighted by molar-refractivity contribution is 5.90. The van der Waals surface area contributed by atoms with Crippen molar-refractivity contribution in [3.8, 4) is 0 Å². The predicted octanol–water partition coefficient (Wildman–Crippen LogP) is 2.84. The Bertz CT molecular complexity index is 768. The summed E-state index contributed by atoms with van der Waals surface area (Å²) in [6.45, 7) is 0.718. The maximum Gasteiger partial charge on any atom is 0.128 e. The summed E-state index contributed by atoms with van der Waals surface area (Å²) in [7, 11) is 0. The third kappa shape index (κ3) is 2.83. The first-order chi connectivity index (χ1) is 10.3. The number of anilines is 1. The molecule has 4 nitrogen and oxygen atoms in total. The van der Waals surface area contributed by atoms with Crippen molar-refractivity contribution < 1.29 is 4.39 Å². The Kier molecular flexibility index (Phi) is 3.75. The molecule has 2 aromatic carbocycles. The number of nitrogens with zero attached hydrogens (tertiary/aromatic N) is 2. The Morgan fingerprint density at radius 2 is 2.00 bits per heavy atom. The van der Waals surface area contributed by atoms with Crippen LogP contribution in [0.5, 0.6) is 0 Å². The molecule has 0 atom stereocenters. The van der Waals surface area contributed by atoms with Crippen LogP contribution in [0.2, 0.25) is 0 Å². The van der Waals surface area contributed by atoms with E-state index < -0.39 is 0 Å². The monoisotopic (exact) mass is 282 g/mol. The Morgan fingerprint density at radius 3 is 2.81 bits per heavy atom. The molecule has 1 aromatic heterocycles. The van der Waals surface area contributed by atoms with Gasteiger partial charge >= 0.3 is 0 Å². The summed E-state index contributed by atoms with van der Waals surface area (Å²) in [4.78, 5) is 0. The molecule has 5 heteroatoms. The normalized spacial score (nSPS) is 10.8. The van der Waals surface area contributed by atoms with Crippen LogP contribution in [0.3, 0.4) is 0 Å². The highest BCUT2D eigenvalue weighted by Crippen LogP contribution is 2.21. The Hall–Kier alpha value is -2.53. The fourth-order valence-electron chi connectivity index (χ4n) is 2.20. The Labute approximate surface area is 121 Å². The van der Waals surface area contributed by atoms with E-state index in [4.69, 9.17) is 5.73 Å². The fourth-order valence-corrected chi connectivity index (χ4v) is 2.20. The first kappa shape index (κ1) is 13.5. The number of hydrogen-bond donors (Lipinski definition) is 2. The minimum atomic E-state index is -0.253. The molecule has 0 spiro atoms. The van der Waals surface area contributed by atoms with Gasteiger partial charge < -0.3 is 11.1 Å². The molecule has 3 rings (SSSR count). The maximum atomic E-state index is 13.9. The van der Waals surface area contributed by atoms with Crippen molar-refractivity contribution in [1.29, 1.82) is 0 Å². The van der Waals surface area contributed by atoms with Crippen LogP contribution in [0, 0.1) is 5.82 Å². The molecule has 0 fully saturated rings. The maximum absolute atomic E-state index is 13.9. The second-order valence-corrected chi connectivity index (χ2v) is 4.76. The van der Waals surface area contributed by atoms with Gasteiger partial charge in [0.05, 0.1) is 17.4 Å². The standard InChI is InChI=1S/C16H15FN4/c17-14-7-11(8-18)5-6-12(14)9-19-16-10-20-21-15-4-2-1-3-13(15)16/h1-7,10H,8-9,18H2,(H,19,21). The highest BCUT2D eigenvalue weighted by Gasteiger charge is 2.05. The molecule has 0 radical (unpaired) electrons. The summed E-state index contributed by atoms with van der Waals surface area (Å²) in [6, 6.07) is 12.8. The quantitative estimate of drug-likeness (QED) is 0.772. The van der Waals surface area contributed by atoms with Gasteiger partial charge in [0.2, 0.25) is 0 Å². The van der Waals surface area contributed by atoms with Crippen LogP contribution in [0.4, 0.5) is 10.1 Å². The van der Waals surface area contributed by atoms with Crippen LogP contribution in [0.25, 0.3) is 10.9 Å². The van der Waals surface area contributed by atoms with Crippen molar-refractivity contribution in [3.05, 3.63) is 65.6 Å². The Morgan fingerprint density at radius 1 is 1.14 bits per heavy atom. The molecule has 3 N–H and O–H groups in total. The summed E-state index contributed by atoms with van der Waals surface area (Å²) in [5.41, 5.74) is 8.52. The van der Waals surface area contributed by atoms with Crippen LogP contribution >= 0.6 is 0 Å². The van der Waals surface area contributed by atoms with E-state index in [1.165, 1.54) is 6.07 Å². The molecule has 0 aliphatic carbocycles. The van der Waals surface area contributed by atoms with Crippen molar-refractivity contribution in [2.24, 2.45) is 5.73 Å². The molecular weight excluding hydrogens is 267 g/mol. The summed E-state index contributed by atoms with van der Waals surface area (Å²) in [6.07, 6.45) is 1.65. The van der Waals surface area contributed by atoms with Crippen LogP contribution in [-0.4, -0.2) is 10.2 Å². The smallest absolute Gasteiger partial charge is 0.128 e. The summed E-state index contributed by atoms with van der Waals surface area (Å²) in [5, 5.41) is 12.2. The lowest BCUT2D eigenvalue weighted by atomic mass is 10.1. The summed E-state index contributed by atoms with van der Waals surface area (Å²) < 4.78 is 13.9. The molecule has 0 saturated carbocycles. The third-order valence-corrected chi connectivity index (χ3v) is 3.37. The topological polar surface area (TPSA) is 63.8 Å². The van der Waals surface area contributed by atoms with E-state index in [2.05, 4.69) is 15.5 Å². The lowest BCUT2D eigenvalue weighted by Crippen LogP contribution is -2.05. The average Bonchev–Trinajstić information content (AvgIpc) is 2.53. The van der Waals surface area contributed by atoms with Gasteiger partial charge in [-0.15, -0.1) is 0 Å². The zero-order chi connectivity index (χ0) is 14.7. The third-order valence-electron chi connectivity index (χ3n) is 3.37. The molecule has 0 aliphatic rings. The van der Waals surface area contributed by atoms with Crippen molar-refractivity contribution >= 4 is 16.6 Å². The van der Waals surface area contributed by atoms with Crippen molar-refractivity contribution in [1.82, 2.24) is 10.2 Å². The van der Waals surface area contributed by atoms with E-state index in [1.807, 2.05) is 30.3 Å². The number of rotatable bonds is 4. The number of fused-ring (bicyclic) bond motifs is 1. The second kappa shape index (κ2) is 5.85. The molecule has 21 heavy (non-hydrogen) atoms. The number of benzene rings is 2. The molecule has 0 saturated heterocycles. The molecular formula is C16H15FN4. The van der Waals surface area contributed by atoms with Crippen molar-refractivity contribution in [3.63, 3.8) is 0 Å². The van der Waals surface area contributed by atoms with Crippen molar-refractivity contribution in [2.45, 2.75) is 13.1 Å². The van der Waals surface area contributed by atoms with E-state index in [9.17, 15) is 4.39 Å². The molecule has 0 aliphatic heterocycles. The van der Waals surface area contributed by atoms with E-state index in [1.54, 1.807) is 12.3 Å². The van der Waals surface area contributed by atoms with Crippen molar-refractivity contribution in [2.75, 3.05) is 5.32 Å². The number of nitrogens with two attached hydrogens (primary N) is 1.